The second kappa shape index (κ2) is 5.54. The van der Waals surface area contributed by atoms with Crippen LogP contribution in [0.15, 0.2) is 6.07 Å². The lowest BCUT2D eigenvalue weighted by atomic mass is 10.1. The molecule has 0 spiro atoms. The van der Waals surface area contributed by atoms with Crippen molar-refractivity contribution in [3.8, 4) is 5.88 Å². The summed E-state index contributed by atoms with van der Waals surface area (Å²) in [5.74, 6) is 1.80. The molecule has 0 bridgehead atoms. The molecule has 1 atom stereocenters. The van der Waals surface area contributed by atoms with Crippen molar-refractivity contribution in [1.82, 2.24) is 15.1 Å². The summed E-state index contributed by atoms with van der Waals surface area (Å²) in [7, 11) is 3.61. The zero-order valence-corrected chi connectivity index (χ0v) is 11.1. The van der Waals surface area contributed by atoms with Gasteiger partial charge in [-0.3, -0.25) is 0 Å². The number of rotatable bonds is 7. The topological polar surface area (TPSA) is 39.1 Å². The highest BCUT2D eigenvalue weighted by molar-refractivity contribution is 5.18. The molecule has 1 unspecified atom stereocenters. The number of hydrogen-bond donors (Lipinski definition) is 1. The molecular weight excluding hydrogens is 214 g/mol. The van der Waals surface area contributed by atoms with E-state index in [1.807, 2.05) is 13.1 Å². The van der Waals surface area contributed by atoms with Gasteiger partial charge in [0.15, 0.2) is 0 Å². The molecule has 2 rings (SSSR count). The van der Waals surface area contributed by atoms with Crippen LogP contribution in [0, 0.1) is 5.92 Å². The molecule has 0 amide bonds. The van der Waals surface area contributed by atoms with Gasteiger partial charge < -0.3 is 10.1 Å². The number of nitrogens with zero attached hydrogens (tertiary/aromatic N) is 2. The Bertz CT molecular complexity index is 358. The van der Waals surface area contributed by atoms with Crippen LogP contribution >= 0.6 is 0 Å². The van der Waals surface area contributed by atoms with Gasteiger partial charge in [-0.15, -0.1) is 0 Å². The number of nitrogens with one attached hydrogen (secondary N) is 1. The lowest BCUT2D eigenvalue weighted by molar-refractivity contribution is 0.373. The summed E-state index contributed by atoms with van der Waals surface area (Å²) in [4.78, 5) is 0. The van der Waals surface area contributed by atoms with Gasteiger partial charge >= 0.3 is 0 Å². The first-order valence-electron chi connectivity index (χ1n) is 6.56. The van der Waals surface area contributed by atoms with Gasteiger partial charge in [-0.05, 0) is 25.3 Å². The molecule has 1 heterocycles. The highest BCUT2D eigenvalue weighted by Crippen LogP contribution is 2.36. The molecule has 4 nitrogen and oxygen atoms in total. The SMILES string of the molecule is CCNC(CCC1CC1)c1cc(OC)n(C)n1. The average Bonchev–Trinajstić information content (AvgIpc) is 3.07. The second-order valence-corrected chi connectivity index (χ2v) is 4.87. The van der Waals surface area contributed by atoms with Crippen molar-refractivity contribution in [3.63, 3.8) is 0 Å². The van der Waals surface area contributed by atoms with Crippen molar-refractivity contribution in [2.24, 2.45) is 13.0 Å². The van der Waals surface area contributed by atoms with Crippen molar-refractivity contribution < 1.29 is 4.74 Å². The summed E-state index contributed by atoms with van der Waals surface area (Å²) in [5.41, 5.74) is 1.10. The van der Waals surface area contributed by atoms with Gasteiger partial charge in [0.05, 0.1) is 18.8 Å². The maximum atomic E-state index is 5.26. The minimum Gasteiger partial charge on any atom is -0.481 e. The molecular formula is C13H23N3O. The Labute approximate surface area is 103 Å². The molecule has 0 radical (unpaired) electrons. The van der Waals surface area contributed by atoms with E-state index in [4.69, 9.17) is 4.74 Å². The van der Waals surface area contributed by atoms with E-state index in [1.54, 1.807) is 11.8 Å². The number of aryl methyl sites for hydroxylation is 1. The van der Waals surface area contributed by atoms with Crippen molar-refractivity contribution >= 4 is 0 Å². The van der Waals surface area contributed by atoms with E-state index >= 15 is 0 Å². The Morgan fingerprint density at radius 2 is 2.35 bits per heavy atom. The fourth-order valence-corrected chi connectivity index (χ4v) is 2.24. The van der Waals surface area contributed by atoms with Gasteiger partial charge in [0.2, 0.25) is 5.88 Å². The van der Waals surface area contributed by atoms with E-state index in [0.717, 1.165) is 24.0 Å². The van der Waals surface area contributed by atoms with Crippen molar-refractivity contribution in [2.45, 2.75) is 38.6 Å². The van der Waals surface area contributed by atoms with E-state index < -0.39 is 0 Å². The van der Waals surface area contributed by atoms with Crippen LogP contribution in [0.4, 0.5) is 0 Å². The Kier molecular flexibility index (Phi) is 4.05. The highest BCUT2D eigenvalue weighted by atomic mass is 16.5. The third kappa shape index (κ3) is 3.22. The van der Waals surface area contributed by atoms with Crippen LogP contribution in [0.2, 0.25) is 0 Å². The number of aromatic nitrogens is 2. The van der Waals surface area contributed by atoms with Crippen molar-refractivity contribution in [2.75, 3.05) is 13.7 Å². The molecule has 1 aliphatic rings. The van der Waals surface area contributed by atoms with Gasteiger partial charge in [0.25, 0.3) is 0 Å². The van der Waals surface area contributed by atoms with Crippen LogP contribution in [-0.2, 0) is 7.05 Å². The van der Waals surface area contributed by atoms with Crippen molar-refractivity contribution in [1.29, 1.82) is 0 Å². The maximum Gasteiger partial charge on any atom is 0.211 e. The first kappa shape index (κ1) is 12.4. The van der Waals surface area contributed by atoms with Crippen LogP contribution in [0.3, 0.4) is 0 Å². The van der Waals surface area contributed by atoms with E-state index in [2.05, 4.69) is 17.3 Å². The number of ether oxygens (including phenoxy) is 1. The fourth-order valence-electron chi connectivity index (χ4n) is 2.24. The molecule has 1 fully saturated rings. The molecule has 1 N–H and O–H groups in total. The summed E-state index contributed by atoms with van der Waals surface area (Å²) in [6, 6.07) is 2.41. The van der Waals surface area contributed by atoms with Crippen LogP contribution in [0.5, 0.6) is 5.88 Å². The molecule has 96 valence electrons. The molecule has 0 aromatic carbocycles. The second-order valence-electron chi connectivity index (χ2n) is 4.87. The van der Waals surface area contributed by atoms with E-state index in [-0.39, 0.29) is 0 Å². The molecule has 1 aliphatic carbocycles. The lowest BCUT2D eigenvalue weighted by Crippen LogP contribution is -2.21. The molecule has 1 aromatic heterocycles. The van der Waals surface area contributed by atoms with E-state index in [0.29, 0.717) is 6.04 Å². The van der Waals surface area contributed by atoms with Gasteiger partial charge in [-0.2, -0.15) is 5.10 Å². The zero-order valence-electron chi connectivity index (χ0n) is 11.1. The zero-order chi connectivity index (χ0) is 12.3. The van der Waals surface area contributed by atoms with Crippen molar-refractivity contribution in [3.05, 3.63) is 11.8 Å². The van der Waals surface area contributed by atoms with Crippen LogP contribution < -0.4 is 10.1 Å². The van der Waals surface area contributed by atoms with Gasteiger partial charge in [0.1, 0.15) is 0 Å². The van der Waals surface area contributed by atoms with Gasteiger partial charge in [-0.1, -0.05) is 19.8 Å². The normalized spacial score (nSPS) is 17.1. The number of hydrogen-bond acceptors (Lipinski definition) is 3. The summed E-state index contributed by atoms with van der Waals surface area (Å²) < 4.78 is 7.07. The lowest BCUT2D eigenvalue weighted by Gasteiger charge is -2.15. The average molecular weight is 237 g/mol. The molecule has 0 aliphatic heterocycles. The van der Waals surface area contributed by atoms with E-state index in [9.17, 15) is 0 Å². The predicted molar refractivity (Wildman–Crippen MR) is 68.1 cm³/mol. The summed E-state index contributed by atoms with van der Waals surface area (Å²) in [6.45, 7) is 3.12. The molecule has 4 heteroatoms. The van der Waals surface area contributed by atoms with Crippen LogP contribution in [0.1, 0.15) is 44.3 Å². The quantitative estimate of drug-likeness (QED) is 0.790. The summed E-state index contributed by atoms with van der Waals surface area (Å²) >= 11 is 0. The van der Waals surface area contributed by atoms with Gasteiger partial charge in [-0.25, -0.2) is 4.68 Å². The number of methoxy groups -OCH3 is 1. The minimum atomic E-state index is 0.371. The smallest absolute Gasteiger partial charge is 0.211 e. The fraction of sp³-hybridized carbons (Fsp3) is 0.769. The third-order valence-electron chi connectivity index (χ3n) is 3.43. The highest BCUT2D eigenvalue weighted by Gasteiger charge is 2.24. The Balaban J connectivity index is 2.01. The Morgan fingerprint density at radius 1 is 1.59 bits per heavy atom. The van der Waals surface area contributed by atoms with Crippen LogP contribution in [0.25, 0.3) is 0 Å². The molecule has 0 saturated heterocycles. The standard InChI is InChI=1S/C13H23N3O/c1-4-14-11(8-7-10-5-6-10)12-9-13(17-3)16(2)15-12/h9-11,14H,4-8H2,1-3H3. The first-order valence-corrected chi connectivity index (χ1v) is 6.56. The predicted octanol–water partition coefficient (Wildman–Crippen LogP) is 2.27. The van der Waals surface area contributed by atoms with Gasteiger partial charge in [0, 0.05) is 13.1 Å². The Morgan fingerprint density at radius 3 is 2.88 bits per heavy atom. The molecule has 1 aromatic rings. The summed E-state index contributed by atoms with van der Waals surface area (Å²) in [6.07, 6.45) is 5.34. The van der Waals surface area contributed by atoms with E-state index in [1.165, 1.54) is 25.7 Å². The largest absolute Gasteiger partial charge is 0.481 e. The molecule has 1 saturated carbocycles. The first-order chi connectivity index (χ1) is 8.24. The van der Waals surface area contributed by atoms with Crippen LogP contribution in [-0.4, -0.2) is 23.4 Å². The third-order valence-corrected chi connectivity index (χ3v) is 3.43. The maximum absolute atomic E-state index is 5.26. The monoisotopic (exact) mass is 237 g/mol. The minimum absolute atomic E-state index is 0.371. The molecule has 17 heavy (non-hydrogen) atoms. The Hall–Kier alpha value is -1.03. The summed E-state index contributed by atoms with van der Waals surface area (Å²) in [5, 5.41) is 8.04.